The van der Waals surface area contributed by atoms with Crippen molar-refractivity contribution in [1.82, 2.24) is 9.03 Å². The molecule has 7 heteroatoms. The molecule has 19 heavy (non-hydrogen) atoms. The van der Waals surface area contributed by atoms with Gasteiger partial charge in [0.15, 0.2) is 0 Å². The van der Waals surface area contributed by atoms with Crippen molar-refractivity contribution in [3.05, 3.63) is 43.2 Å². The van der Waals surface area contributed by atoms with Crippen LogP contribution in [0.1, 0.15) is 22.5 Å². The Bertz CT molecular complexity index is 759. The Labute approximate surface area is 113 Å². The van der Waals surface area contributed by atoms with Crippen LogP contribution in [0.15, 0.2) is 9.59 Å². The molecule has 2 aromatic heterocycles. The molecule has 0 atom stereocenters. The molecule has 0 aliphatic rings. The summed E-state index contributed by atoms with van der Waals surface area (Å²) in [6, 6.07) is 0. The topological polar surface area (TPSA) is 80.3 Å². The van der Waals surface area contributed by atoms with Crippen LogP contribution >= 0.6 is 11.8 Å². The smallest absolute Gasteiger partial charge is 0.313 e. The van der Waals surface area contributed by atoms with Crippen molar-refractivity contribution >= 4 is 17.7 Å². The number of hydrogen-bond acceptors (Lipinski definition) is 4. The zero-order chi connectivity index (χ0) is 14.3. The molecular weight excluding hydrogens is 268 g/mol. The van der Waals surface area contributed by atoms with Crippen molar-refractivity contribution in [3.63, 3.8) is 0 Å². The molecule has 0 aliphatic heterocycles. The predicted octanol–water partition coefficient (Wildman–Crippen LogP) is 0.440. The molecule has 0 radical (unpaired) electrons. The highest BCUT2D eigenvalue weighted by atomic mass is 32.2. The van der Waals surface area contributed by atoms with E-state index in [0.717, 1.165) is 10.2 Å². The van der Waals surface area contributed by atoms with Gasteiger partial charge < -0.3 is 5.11 Å². The van der Waals surface area contributed by atoms with Gasteiger partial charge in [0.25, 0.3) is 11.1 Å². The van der Waals surface area contributed by atoms with Crippen molar-refractivity contribution in [2.75, 3.05) is 5.75 Å². The van der Waals surface area contributed by atoms with Crippen molar-refractivity contribution in [1.29, 1.82) is 0 Å². The summed E-state index contributed by atoms with van der Waals surface area (Å²) in [5, 5.41) is 8.64. The minimum Gasteiger partial charge on any atom is -0.481 e. The first-order valence-electron chi connectivity index (χ1n) is 5.71. The third-order valence-electron chi connectivity index (χ3n) is 3.24. The monoisotopic (exact) mass is 282 g/mol. The highest BCUT2D eigenvalue weighted by Gasteiger charge is 2.20. The summed E-state index contributed by atoms with van der Waals surface area (Å²) in [7, 11) is 0. The van der Waals surface area contributed by atoms with Crippen LogP contribution in [0.25, 0.3) is 0 Å². The van der Waals surface area contributed by atoms with Gasteiger partial charge in [0.2, 0.25) is 0 Å². The average Bonchev–Trinajstić information content (AvgIpc) is 2.72. The van der Waals surface area contributed by atoms with Gasteiger partial charge in [-0.15, -0.1) is 11.8 Å². The van der Waals surface area contributed by atoms with Crippen LogP contribution in [0.3, 0.4) is 0 Å². The maximum atomic E-state index is 12.0. The largest absolute Gasteiger partial charge is 0.481 e. The second-order valence-electron chi connectivity index (χ2n) is 4.40. The minimum absolute atomic E-state index is 0.0332. The number of carbonyl (C=O) groups is 1. The molecule has 0 amide bonds. The van der Waals surface area contributed by atoms with E-state index in [2.05, 4.69) is 0 Å². The predicted molar refractivity (Wildman–Crippen MR) is 72.6 cm³/mol. The number of rotatable bonds is 4. The zero-order valence-corrected chi connectivity index (χ0v) is 11.7. The van der Waals surface area contributed by atoms with E-state index >= 15 is 0 Å². The molecule has 0 aliphatic carbocycles. The number of aryl methyl sites for hydroxylation is 1. The maximum Gasteiger partial charge on any atom is 0.313 e. The van der Waals surface area contributed by atoms with E-state index in [4.69, 9.17) is 5.11 Å². The molecule has 0 bridgehead atoms. The number of carboxylic acid groups (broad SMARTS) is 1. The molecule has 2 heterocycles. The van der Waals surface area contributed by atoms with E-state index in [0.29, 0.717) is 22.6 Å². The second kappa shape index (κ2) is 4.73. The van der Waals surface area contributed by atoms with Crippen molar-refractivity contribution < 1.29 is 9.90 Å². The first-order chi connectivity index (χ1) is 8.86. The highest BCUT2D eigenvalue weighted by molar-refractivity contribution is 7.99. The van der Waals surface area contributed by atoms with E-state index < -0.39 is 5.97 Å². The summed E-state index contributed by atoms with van der Waals surface area (Å²) in [5.41, 5.74) is 1.83. The Morgan fingerprint density at radius 3 is 2.26 bits per heavy atom. The van der Waals surface area contributed by atoms with Crippen LogP contribution in [0.5, 0.6) is 0 Å². The standard InChI is InChI=1S/C12H14N2O4S/c1-6-8(3)13-9(4-19-5-10(15)16)7(2)12(18)14(13)11(6)17/h4-5H2,1-3H3,(H,15,16). The Morgan fingerprint density at radius 2 is 1.68 bits per heavy atom. The summed E-state index contributed by atoms with van der Waals surface area (Å²) < 4.78 is 2.72. The van der Waals surface area contributed by atoms with Crippen molar-refractivity contribution in [2.24, 2.45) is 0 Å². The van der Waals surface area contributed by atoms with Gasteiger partial charge in [0.05, 0.1) is 11.4 Å². The van der Waals surface area contributed by atoms with Gasteiger partial charge in [-0.1, -0.05) is 0 Å². The molecule has 6 nitrogen and oxygen atoms in total. The van der Waals surface area contributed by atoms with E-state index in [1.807, 2.05) is 0 Å². The lowest BCUT2D eigenvalue weighted by molar-refractivity contribution is -0.133. The van der Waals surface area contributed by atoms with Crippen LogP contribution in [-0.2, 0) is 10.5 Å². The fourth-order valence-corrected chi connectivity index (χ4v) is 2.87. The van der Waals surface area contributed by atoms with E-state index in [1.54, 1.807) is 25.3 Å². The average molecular weight is 282 g/mol. The Balaban J connectivity index is 2.58. The molecule has 2 aromatic rings. The quantitative estimate of drug-likeness (QED) is 0.880. The summed E-state index contributed by atoms with van der Waals surface area (Å²) in [6.45, 7) is 5.12. The molecule has 0 unspecified atom stereocenters. The lowest BCUT2D eigenvalue weighted by Gasteiger charge is -2.02. The summed E-state index contributed by atoms with van der Waals surface area (Å²) in [4.78, 5) is 34.5. The number of aliphatic carboxylic acids is 1. The molecule has 0 spiro atoms. The van der Waals surface area contributed by atoms with Crippen LogP contribution in [0.2, 0.25) is 0 Å². The third kappa shape index (κ3) is 2.03. The van der Waals surface area contributed by atoms with Gasteiger partial charge in [-0.25, -0.2) is 0 Å². The van der Waals surface area contributed by atoms with Crippen molar-refractivity contribution in [3.8, 4) is 0 Å². The highest BCUT2D eigenvalue weighted by Crippen LogP contribution is 2.16. The van der Waals surface area contributed by atoms with Crippen molar-refractivity contribution in [2.45, 2.75) is 26.5 Å². The first-order valence-corrected chi connectivity index (χ1v) is 6.87. The zero-order valence-electron chi connectivity index (χ0n) is 10.9. The molecule has 1 N–H and O–H groups in total. The normalized spacial score (nSPS) is 11.3. The molecule has 0 saturated carbocycles. The Kier molecular flexibility index (Phi) is 3.40. The molecule has 0 fully saturated rings. The number of aromatic nitrogens is 2. The fraction of sp³-hybridized carbons (Fsp3) is 0.417. The summed E-state index contributed by atoms with van der Waals surface area (Å²) >= 11 is 1.21. The van der Waals surface area contributed by atoms with E-state index in [1.165, 1.54) is 11.8 Å². The van der Waals surface area contributed by atoms with Gasteiger partial charge in [0, 0.05) is 22.6 Å². The first kappa shape index (κ1) is 13.7. The molecule has 102 valence electrons. The van der Waals surface area contributed by atoms with Gasteiger partial charge in [0.1, 0.15) is 0 Å². The molecule has 0 saturated heterocycles. The van der Waals surface area contributed by atoms with E-state index in [9.17, 15) is 14.4 Å². The van der Waals surface area contributed by atoms with E-state index in [-0.39, 0.29) is 16.9 Å². The lowest BCUT2D eigenvalue weighted by atomic mass is 10.2. The number of thioether (sulfide) groups is 1. The maximum absolute atomic E-state index is 12.0. The number of hydrogen-bond donors (Lipinski definition) is 1. The summed E-state index contributed by atoms with van der Waals surface area (Å²) in [5.74, 6) is -0.544. The Morgan fingerprint density at radius 1 is 1.11 bits per heavy atom. The number of fused-ring (bicyclic) bond motifs is 1. The third-order valence-corrected chi connectivity index (χ3v) is 4.17. The number of nitrogens with zero attached hydrogens (tertiary/aromatic N) is 2. The van der Waals surface area contributed by atoms with Gasteiger partial charge in [-0.05, 0) is 20.8 Å². The molecule has 2 rings (SSSR count). The minimum atomic E-state index is -0.898. The van der Waals surface area contributed by atoms with Crippen LogP contribution in [0, 0.1) is 20.8 Å². The molecule has 0 aromatic carbocycles. The Hall–Kier alpha value is -1.76. The van der Waals surface area contributed by atoms with Gasteiger partial charge >= 0.3 is 5.97 Å². The molecular formula is C12H14N2O4S. The number of carboxylic acids is 1. The fourth-order valence-electron chi connectivity index (χ4n) is 2.07. The SMILES string of the molecule is Cc1c(C)n2c(CSCC(=O)O)c(C)c(=O)n2c1=O. The van der Waals surface area contributed by atoms with Gasteiger partial charge in [-0.3, -0.25) is 18.9 Å². The van der Waals surface area contributed by atoms with Gasteiger partial charge in [-0.2, -0.15) is 4.52 Å². The van der Waals surface area contributed by atoms with Crippen LogP contribution < -0.4 is 11.1 Å². The lowest BCUT2D eigenvalue weighted by Crippen LogP contribution is -2.23. The van der Waals surface area contributed by atoms with Crippen LogP contribution in [-0.4, -0.2) is 25.9 Å². The second-order valence-corrected chi connectivity index (χ2v) is 5.39. The summed E-state index contributed by atoms with van der Waals surface area (Å²) in [6.07, 6.45) is 0. The van der Waals surface area contributed by atoms with Crippen LogP contribution in [0.4, 0.5) is 0 Å².